The average molecular weight is 321 g/mol. The first kappa shape index (κ1) is 15.3. The molecule has 0 unspecified atom stereocenters. The first-order valence-electron chi connectivity index (χ1n) is 7.14. The highest BCUT2D eigenvalue weighted by molar-refractivity contribution is 7.99. The second-order valence-corrected chi connectivity index (χ2v) is 6.04. The Kier molecular flexibility index (Phi) is 4.40. The van der Waals surface area contributed by atoms with Crippen LogP contribution in [0.1, 0.15) is 11.1 Å². The predicted molar refractivity (Wildman–Crippen MR) is 90.4 cm³/mol. The van der Waals surface area contributed by atoms with Crippen LogP contribution in [-0.4, -0.2) is 25.5 Å². The summed E-state index contributed by atoms with van der Waals surface area (Å²) in [5.74, 6) is 1.08. The normalized spacial score (nSPS) is 10.5. The summed E-state index contributed by atoms with van der Waals surface area (Å²) in [7, 11) is 0. The van der Waals surface area contributed by atoms with Crippen molar-refractivity contribution in [3.05, 3.63) is 53.9 Å². The van der Waals surface area contributed by atoms with Crippen molar-refractivity contribution in [3.8, 4) is 23.1 Å². The van der Waals surface area contributed by atoms with Crippen LogP contribution in [0.25, 0.3) is 17.1 Å². The van der Waals surface area contributed by atoms with Crippen molar-refractivity contribution in [2.24, 2.45) is 0 Å². The van der Waals surface area contributed by atoms with Gasteiger partial charge in [-0.15, -0.1) is 10.2 Å². The number of rotatable bonds is 4. The molecule has 114 valence electrons. The van der Waals surface area contributed by atoms with Crippen molar-refractivity contribution < 1.29 is 0 Å². The number of thioether (sulfide) groups is 1. The molecule has 0 amide bonds. The number of aromatic nitrogens is 4. The predicted octanol–water partition coefficient (Wildman–Crippen LogP) is 3.56. The minimum absolute atomic E-state index is 0.333. The zero-order chi connectivity index (χ0) is 16.2. The van der Waals surface area contributed by atoms with Crippen molar-refractivity contribution in [3.63, 3.8) is 0 Å². The van der Waals surface area contributed by atoms with Gasteiger partial charge in [0.05, 0.1) is 17.5 Å². The highest BCUT2D eigenvalue weighted by atomic mass is 32.2. The summed E-state index contributed by atoms with van der Waals surface area (Å²) in [6.07, 6.45) is 3.47. The molecular weight excluding hydrogens is 306 g/mol. The third-order valence-electron chi connectivity index (χ3n) is 3.59. The molecule has 0 atom stereocenters. The van der Waals surface area contributed by atoms with Crippen LogP contribution in [0.15, 0.2) is 47.9 Å². The third kappa shape index (κ3) is 3.10. The van der Waals surface area contributed by atoms with E-state index in [0.29, 0.717) is 10.9 Å². The number of aryl methyl sites for hydroxylation is 2. The maximum Gasteiger partial charge on any atom is 0.197 e. The van der Waals surface area contributed by atoms with Crippen LogP contribution in [0, 0.1) is 25.2 Å². The largest absolute Gasteiger partial charge is 0.270 e. The lowest BCUT2D eigenvalue weighted by atomic mass is 10.1. The van der Waals surface area contributed by atoms with Crippen molar-refractivity contribution in [1.82, 2.24) is 19.7 Å². The molecule has 0 fully saturated rings. The van der Waals surface area contributed by atoms with Gasteiger partial charge in [0.25, 0.3) is 0 Å². The molecule has 0 N–H and O–H groups in total. The molecule has 0 saturated carbocycles. The molecule has 2 aromatic heterocycles. The molecule has 23 heavy (non-hydrogen) atoms. The molecule has 2 heterocycles. The maximum atomic E-state index is 8.86. The Hall–Kier alpha value is -2.65. The van der Waals surface area contributed by atoms with Crippen molar-refractivity contribution in [2.45, 2.75) is 19.0 Å². The van der Waals surface area contributed by atoms with Crippen molar-refractivity contribution >= 4 is 11.8 Å². The van der Waals surface area contributed by atoms with Gasteiger partial charge in [0.1, 0.15) is 0 Å². The van der Waals surface area contributed by atoms with E-state index < -0.39 is 0 Å². The van der Waals surface area contributed by atoms with Gasteiger partial charge in [0.15, 0.2) is 11.0 Å². The molecule has 0 spiro atoms. The van der Waals surface area contributed by atoms with Crippen LogP contribution in [0.2, 0.25) is 0 Å². The minimum atomic E-state index is 0.333. The highest BCUT2D eigenvalue weighted by Crippen LogP contribution is 2.28. The fourth-order valence-electron chi connectivity index (χ4n) is 2.25. The Morgan fingerprint density at radius 1 is 1.09 bits per heavy atom. The van der Waals surface area contributed by atoms with Crippen LogP contribution >= 0.6 is 11.8 Å². The van der Waals surface area contributed by atoms with Gasteiger partial charge < -0.3 is 0 Å². The molecule has 3 rings (SSSR count). The van der Waals surface area contributed by atoms with E-state index >= 15 is 0 Å². The zero-order valence-corrected chi connectivity index (χ0v) is 13.7. The van der Waals surface area contributed by atoms with Crippen LogP contribution in [0.5, 0.6) is 0 Å². The number of nitriles is 1. The SMILES string of the molecule is Cc1ccc(-n2c(SCC#N)nnc2-c2ccncc2)cc1C. The molecule has 0 radical (unpaired) electrons. The standard InChI is InChI=1S/C17H15N5S/c1-12-3-4-15(11-13(12)2)22-16(14-5-8-19-9-6-14)20-21-17(22)23-10-7-18/h3-6,8-9,11H,10H2,1-2H3. The van der Waals surface area contributed by atoms with Gasteiger partial charge in [0.2, 0.25) is 0 Å². The van der Waals surface area contributed by atoms with Gasteiger partial charge >= 0.3 is 0 Å². The van der Waals surface area contributed by atoms with Gasteiger partial charge in [-0.1, -0.05) is 17.8 Å². The lowest BCUT2D eigenvalue weighted by Gasteiger charge is -2.11. The van der Waals surface area contributed by atoms with Gasteiger partial charge in [0, 0.05) is 18.0 Å². The number of nitrogens with zero attached hydrogens (tertiary/aromatic N) is 5. The fourth-order valence-corrected chi connectivity index (χ4v) is 2.86. The van der Waals surface area contributed by atoms with Gasteiger partial charge in [-0.2, -0.15) is 5.26 Å². The lowest BCUT2D eigenvalue weighted by Crippen LogP contribution is -2.01. The zero-order valence-electron chi connectivity index (χ0n) is 12.9. The third-order valence-corrected chi connectivity index (χ3v) is 4.38. The Morgan fingerprint density at radius 3 is 2.57 bits per heavy atom. The van der Waals surface area contributed by atoms with Crippen LogP contribution in [-0.2, 0) is 0 Å². The number of pyridine rings is 1. The lowest BCUT2D eigenvalue weighted by molar-refractivity contribution is 0.886. The Bertz CT molecular complexity index is 864. The molecule has 5 nitrogen and oxygen atoms in total. The quantitative estimate of drug-likeness (QED) is 0.687. The second-order valence-electron chi connectivity index (χ2n) is 5.09. The van der Waals surface area contributed by atoms with Crippen LogP contribution in [0.3, 0.4) is 0 Å². The van der Waals surface area contributed by atoms with Gasteiger partial charge in [-0.25, -0.2) is 0 Å². The average Bonchev–Trinajstić information content (AvgIpc) is 3.00. The Morgan fingerprint density at radius 2 is 1.87 bits per heavy atom. The monoisotopic (exact) mass is 321 g/mol. The minimum Gasteiger partial charge on any atom is -0.270 e. The molecule has 0 aliphatic carbocycles. The van der Waals surface area contributed by atoms with E-state index in [1.807, 2.05) is 22.8 Å². The van der Waals surface area contributed by atoms with E-state index in [-0.39, 0.29) is 0 Å². The number of benzene rings is 1. The van der Waals surface area contributed by atoms with E-state index in [2.05, 4.69) is 47.2 Å². The van der Waals surface area contributed by atoms with Crippen molar-refractivity contribution in [2.75, 3.05) is 5.75 Å². The Labute approximate surface area is 139 Å². The van der Waals surface area contributed by atoms with E-state index in [4.69, 9.17) is 5.26 Å². The van der Waals surface area contributed by atoms with Crippen LogP contribution < -0.4 is 0 Å². The van der Waals surface area contributed by atoms with Gasteiger partial charge in [-0.05, 0) is 49.2 Å². The summed E-state index contributed by atoms with van der Waals surface area (Å²) in [5, 5.41) is 18.2. The summed E-state index contributed by atoms with van der Waals surface area (Å²) in [4.78, 5) is 4.05. The second kappa shape index (κ2) is 6.63. The van der Waals surface area contributed by atoms with E-state index in [1.165, 1.54) is 22.9 Å². The smallest absolute Gasteiger partial charge is 0.197 e. The molecule has 1 aromatic carbocycles. The Balaban J connectivity index is 2.16. The molecule has 0 aliphatic rings. The first-order valence-corrected chi connectivity index (χ1v) is 8.12. The van der Waals surface area contributed by atoms with Crippen LogP contribution in [0.4, 0.5) is 0 Å². The van der Waals surface area contributed by atoms with E-state index in [1.54, 1.807) is 12.4 Å². The summed E-state index contributed by atoms with van der Waals surface area (Å²) in [6.45, 7) is 4.16. The number of hydrogen-bond donors (Lipinski definition) is 0. The molecule has 6 heteroatoms. The van der Waals surface area contributed by atoms with E-state index in [0.717, 1.165) is 17.1 Å². The first-order chi connectivity index (χ1) is 11.2. The molecule has 0 saturated heterocycles. The van der Waals surface area contributed by atoms with Gasteiger partial charge in [-0.3, -0.25) is 9.55 Å². The van der Waals surface area contributed by atoms with E-state index in [9.17, 15) is 0 Å². The summed E-state index contributed by atoms with van der Waals surface area (Å²) in [6, 6.07) is 12.2. The maximum absolute atomic E-state index is 8.86. The summed E-state index contributed by atoms with van der Waals surface area (Å²) >= 11 is 1.38. The topological polar surface area (TPSA) is 67.4 Å². The molecule has 0 bridgehead atoms. The fraction of sp³-hybridized carbons (Fsp3) is 0.176. The highest BCUT2D eigenvalue weighted by Gasteiger charge is 2.16. The number of hydrogen-bond acceptors (Lipinski definition) is 5. The molecule has 3 aromatic rings. The molecule has 0 aliphatic heterocycles. The molecular formula is C17H15N5S. The summed E-state index contributed by atoms with van der Waals surface area (Å²) in [5.41, 5.74) is 4.37. The van der Waals surface area contributed by atoms with Crippen molar-refractivity contribution in [1.29, 1.82) is 5.26 Å². The summed E-state index contributed by atoms with van der Waals surface area (Å²) < 4.78 is 1.99.